The van der Waals surface area contributed by atoms with Crippen molar-refractivity contribution in [2.45, 2.75) is 11.8 Å². The molecule has 0 N–H and O–H groups in total. The van der Waals surface area contributed by atoms with Crippen LogP contribution in [0.2, 0.25) is 0 Å². The van der Waals surface area contributed by atoms with Gasteiger partial charge in [-0.25, -0.2) is 4.39 Å². The SMILES string of the molecule is N#Cc1cc(F)cc(N2CC(Cl)CC2=O)c1. The lowest BCUT2D eigenvalue weighted by Crippen LogP contribution is -2.24. The van der Waals surface area contributed by atoms with Crippen molar-refractivity contribution >= 4 is 23.2 Å². The molecule has 0 aliphatic carbocycles. The molecule has 1 fully saturated rings. The Morgan fingerprint density at radius 1 is 1.50 bits per heavy atom. The van der Waals surface area contributed by atoms with Crippen LogP contribution in [0.1, 0.15) is 12.0 Å². The fourth-order valence-corrected chi connectivity index (χ4v) is 1.98. The largest absolute Gasteiger partial charge is 0.311 e. The molecule has 1 saturated heterocycles. The predicted octanol–water partition coefficient (Wildman–Crippen LogP) is 2.04. The van der Waals surface area contributed by atoms with Gasteiger partial charge in [-0.2, -0.15) is 5.26 Å². The number of carbonyl (C=O) groups is 1. The van der Waals surface area contributed by atoms with Gasteiger partial charge in [0.15, 0.2) is 0 Å². The Morgan fingerprint density at radius 2 is 2.25 bits per heavy atom. The van der Waals surface area contributed by atoms with Crippen LogP contribution >= 0.6 is 11.6 Å². The van der Waals surface area contributed by atoms with Gasteiger partial charge in [-0.1, -0.05) is 0 Å². The molecule has 82 valence electrons. The minimum absolute atomic E-state index is 0.144. The highest BCUT2D eigenvalue weighted by atomic mass is 35.5. The van der Waals surface area contributed by atoms with Crippen molar-refractivity contribution in [2.24, 2.45) is 0 Å². The minimum Gasteiger partial charge on any atom is -0.311 e. The Labute approximate surface area is 97.0 Å². The molecule has 0 aromatic heterocycles. The lowest BCUT2D eigenvalue weighted by molar-refractivity contribution is -0.117. The van der Waals surface area contributed by atoms with E-state index in [2.05, 4.69) is 0 Å². The Bertz CT molecular complexity index is 483. The number of hydrogen-bond donors (Lipinski definition) is 0. The van der Waals surface area contributed by atoms with Gasteiger partial charge in [0.25, 0.3) is 0 Å². The van der Waals surface area contributed by atoms with Gasteiger partial charge in [0.2, 0.25) is 5.91 Å². The fourth-order valence-electron chi connectivity index (χ4n) is 1.71. The summed E-state index contributed by atoms with van der Waals surface area (Å²) >= 11 is 5.84. The van der Waals surface area contributed by atoms with Crippen LogP contribution in [0.25, 0.3) is 0 Å². The number of anilines is 1. The summed E-state index contributed by atoms with van der Waals surface area (Å²) in [6, 6.07) is 5.69. The van der Waals surface area contributed by atoms with E-state index in [0.717, 1.165) is 6.07 Å². The first-order valence-corrected chi connectivity index (χ1v) is 5.19. The molecule has 0 spiro atoms. The van der Waals surface area contributed by atoms with E-state index in [0.29, 0.717) is 12.2 Å². The molecule has 1 atom stereocenters. The molecule has 5 heteroatoms. The summed E-state index contributed by atoms with van der Waals surface area (Å²) in [5.74, 6) is -0.672. The second-order valence-electron chi connectivity index (χ2n) is 3.62. The van der Waals surface area contributed by atoms with Crippen molar-refractivity contribution in [1.29, 1.82) is 5.26 Å². The zero-order chi connectivity index (χ0) is 11.7. The minimum atomic E-state index is -0.528. The van der Waals surface area contributed by atoms with Crippen molar-refractivity contribution < 1.29 is 9.18 Å². The molecule has 1 aliphatic heterocycles. The van der Waals surface area contributed by atoms with E-state index < -0.39 is 5.82 Å². The number of nitriles is 1. The van der Waals surface area contributed by atoms with Crippen LogP contribution in [-0.2, 0) is 4.79 Å². The van der Waals surface area contributed by atoms with Gasteiger partial charge in [0.05, 0.1) is 17.0 Å². The lowest BCUT2D eigenvalue weighted by Gasteiger charge is -2.16. The Kier molecular flexibility index (Phi) is 2.80. The first-order valence-electron chi connectivity index (χ1n) is 4.75. The van der Waals surface area contributed by atoms with Gasteiger partial charge in [0.1, 0.15) is 5.82 Å². The number of halogens is 2. The van der Waals surface area contributed by atoms with E-state index in [1.165, 1.54) is 17.0 Å². The summed E-state index contributed by atoms with van der Waals surface area (Å²) in [6.45, 7) is 0.356. The van der Waals surface area contributed by atoms with E-state index in [1.807, 2.05) is 6.07 Å². The normalized spacial score (nSPS) is 19.9. The molecule has 3 nitrogen and oxygen atoms in total. The molecule has 16 heavy (non-hydrogen) atoms. The molecule has 1 heterocycles. The quantitative estimate of drug-likeness (QED) is 0.703. The van der Waals surface area contributed by atoms with Gasteiger partial charge >= 0.3 is 0 Å². The lowest BCUT2D eigenvalue weighted by atomic mass is 10.2. The highest BCUT2D eigenvalue weighted by molar-refractivity contribution is 6.24. The molecule has 1 aliphatic rings. The first kappa shape index (κ1) is 10.9. The summed E-state index contributed by atoms with van der Waals surface area (Å²) in [5.41, 5.74) is 0.588. The molecule has 2 rings (SSSR count). The first-order chi connectivity index (χ1) is 7.60. The topological polar surface area (TPSA) is 44.1 Å². The molecular formula is C11H8ClFN2O. The second kappa shape index (κ2) is 4.11. The second-order valence-corrected chi connectivity index (χ2v) is 4.23. The highest BCUT2D eigenvalue weighted by Crippen LogP contribution is 2.25. The Balaban J connectivity index is 2.37. The van der Waals surface area contributed by atoms with Gasteiger partial charge in [-0.15, -0.1) is 11.6 Å². The highest BCUT2D eigenvalue weighted by Gasteiger charge is 2.29. The van der Waals surface area contributed by atoms with E-state index in [1.54, 1.807) is 0 Å². The maximum atomic E-state index is 13.2. The summed E-state index contributed by atoms with van der Waals surface area (Å²) < 4.78 is 13.2. The maximum absolute atomic E-state index is 13.2. The smallest absolute Gasteiger partial charge is 0.228 e. The number of benzene rings is 1. The Hall–Kier alpha value is -1.60. The third-order valence-electron chi connectivity index (χ3n) is 2.40. The number of nitrogens with zero attached hydrogens (tertiary/aromatic N) is 2. The van der Waals surface area contributed by atoms with Crippen LogP contribution in [-0.4, -0.2) is 17.8 Å². The van der Waals surface area contributed by atoms with Crippen molar-refractivity contribution in [3.8, 4) is 6.07 Å². The van der Waals surface area contributed by atoms with E-state index in [-0.39, 0.29) is 23.3 Å². The van der Waals surface area contributed by atoms with E-state index in [4.69, 9.17) is 16.9 Å². The molecular weight excluding hydrogens is 231 g/mol. The number of rotatable bonds is 1. The van der Waals surface area contributed by atoms with Crippen molar-refractivity contribution in [2.75, 3.05) is 11.4 Å². The third kappa shape index (κ3) is 2.00. The van der Waals surface area contributed by atoms with Gasteiger partial charge < -0.3 is 4.90 Å². The maximum Gasteiger partial charge on any atom is 0.228 e. The monoisotopic (exact) mass is 238 g/mol. The molecule has 1 amide bonds. The summed E-state index contributed by atoms with van der Waals surface area (Å²) in [5, 5.41) is 8.45. The van der Waals surface area contributed by atoms with E-state index in [9.17, 15) is 9.18 Å². The van der Waals surface area contributed by atoms with Crippen LogP contribution in [0, 0.1) is 17.1 Å². The van der Waals surface area contributed by atoms with Gasteiger partial charge in [-0.05, 0) is 18.2 Å². The Morgan fingerprint density at radius 3 is 2.81 bits per heavy atom. The molecule has 0 saturated carbocycles. The molecule has 0 radical (unpaired) electrons. The van der Waals surface area contributed by atoms with Gasteiger partial charge in [-0.3, -0.25) is 4.79 Å². The summed E-state index contributed by atoms with van der Waals surface area (Å²) in [6.07, 6.45) is 0.250. The molecule has 1 aromatic rings. The fraction of sp³-hybridized carbons (Fsp3) is 0.273. The summed E-state index contributed by atoms with van der Waals surface area (Å²) in [4.78, 5) is 12.9. The number of amides is 1. The molecule has 0 bridgehead atoms. The van der Waals surface area contributed by atoms with Crippen LogP contribution in [0.15, 0.2) is 18.2 Å². The standard InChI is InChI=1S/C11H8ClFN2O/c12-8-3-11(16)15(6-8)10-2-7(5-14)1-9(13)4-10/h1-2,4,8H,3,6H2. The zero-order valence-electron chi connectivity index (χ0n) is 8.28. The predicted molar refractivity (Wildman–Crippen MR) is 57.7 cm³/mol. The number of carbonyl (C=O) groups excluding carboxylic acids is 1. The van der Waals surface area contributed by atoms with Crippen molar-refractivity contribution in [3.05, 3.63) is 29.6 Å². The van der Waals surface area contributed by atoms with Crippen LogP contribution in [0.3, 0.4) is 0 Å². The molecule has 1 aromatic carbocycles. The molecule has 1 unspecified atom stereocenters. The van der Waals surface area contributed by atoms with Crippen LogP contribution in [0.4, 0.5) is 10.1 Å². The average Bonchev–Trinajstić information content (AvgIpc) is 2.57. The summed E-state index contributed by atoms with van der Waals surface area (Å²) in [7, 11) is 0. The average molecular weight is 239 g/mol. The number of alkyl halides is 1. The van der Waals surface area contributed by atoms with Crippen molar-refractivity contribution in [1.82, 2.24) is 0 Å². The zero-order valence-corrected chi connectivity index (χ0v) is 9.04. The number of hydrogen-bond acceptors (Lipinski definition) is 2. The van der Waals surface area contributed by atoms with Crippen LogP contribution in [0.5, 0.6) is 0 Å². The van der Waals surface area contributed by atoms with Crippen LogP contribution < -0.4 is 4.90 Å². The van der Waals surface area contributed by atoms with E-state index >= 15 is 0 Å². The van der Waals surface area contributed by atoms with Crippen molar-refractivity contribution in [3.63, 3.8) is 0 Å². The van der Waals surface area contributed by atoms with Gasteiger partial charge in [0, 0.05) is 18.7 Å². The third-order valence-corrected chi connectivity index (χ3v) is 2.69.